The molecule has 0 fully saturated rings. The van der Waals surface area contributed by atoms with Crippen molar-refractivity contribution in [2.24, 2.45) is 0 Å². The van der Waals surface area contributed by atoms with Gasteiger partial charge in [-0.05, 0) is 0 Å². The zero-order chi connectivity index (χ0) is 12.3. The Labute approximate surface area is 88.0 Å². The minimum Gasteiger partial charge on any atom is -0.481 e. The second-order valence-electron chi connectivity index (χ2n) is 2.82. The van der Waals surface area contributed by atoms with Crippen molar-refractivity contribution in [1.29, 1.82) is 5.26 Å². The van der Waals surface area contributed by atoms with Crippen LogP contribution in [0.25, 0.3) is 0 Å². The van der Waals surface area contributed by atoms with E-state index in [9.17, 15) is 18.0 Å². The highest BCUT2D eigenvalue weighted by molar-refractivity contribution is 5.70. The third-order valence-corrected chi connectivity index (χ3v) is 1.80. The molecule has 0 saturated heterocycles. The van der Waals surface area contributed by atoms with Crippen molar-refractivity contribution >= 4 is 5.97 Å². The molecule has 1 aromatic heterocycles. The summed E-state index contributed by atoms with van der Waals surface area (Å²) in [6.07, 6.45) is -3.41. The third-order valence-electron chi connectivity index (χ3n) is 1.80. The maximum Gasteiger partial charge on any atom is 0.309 e. The first kappa shape index (κ1) is 12.0. The van der Waals surface area contributed by atoms with E-state index >= 15 is 0 Å². The largest absolute Gasteiger partial charge is 0.481 e. The quantitative estimate of drug-likeness (QED) is 0.856. The summed E-state index contributed by atoms with van der Waals surface area (Å²) in [5, 5.41) is 17.1. The number of carboxylic acid groups (broad SMARTS) is 1. The molecule has 1 aromatic rings. The lowest BCUT2D eigenvalue weighted by Crippen LogP contribution is -2.09. The van der Waals surface area contributed by atoms with E-state index in [0.717, 1.165) is 0 Å². The van der Waals surface area contributed by atoms with E-state index in [1.54, 1.807) is 0 Å². The molecule has 0 aliphatic carbocycles. The predicted octanol–water partition coefficient (Wildman–Crippen LogP) is 1.66. The van der Waals surface area contributed by atoms with Gasteiger partial charge in [-0.25, -0.2) is 13.2 Å². The number of pyridine rings is 1. The zero-order valence-corrected chi connectivity index (χ0v) is 7.75. The normalized spacial score (nSPS) is 10.2. The summed E-state index contributed by atoms with van der Waals surface area (Å²) >= 11 is 0. The summed E-state index contributed by atoms with van der Waals surface area (Å²) in [6, 6.07) is 1.35. The average Bonchev–Trinajstić information content (AvgIpc) is 2.18. The number of hydrogen-bond donors (Lipinski definition) is 1. The van der Waals surface area contributed by atoms with Crippen LogP contribution in [0.5, 0.6) is 0 Å². The van der Waals surface area contributed by atoms with Gasteiger partial charge in [0.25, 0.3) is 6.43 Å². The molecule has 7 heteroatoms. The number of nitrogens with zero attached hydrogens (tertiary/aromatic N) is 2. The van der Waals surface area contributed by atoms with Gasteiger partial charge in [0.05, 0.1) is 29.4 Å². The van der Waals surface area contributed by atoms with E-state index in [1.165, 1.54) is 6.07 Å². The topological polar surface area (TPSA) is 74.0 Å². The van der Waals surface area contributed by atoms with Crippen molar-refractivity contribution < 1.29 is 23.1 Å². The zero-order valence-electron chi connectivity index (χ0n) is 7.75. The van der Waals surface area contributed by atoms with Gasteiger partial charge in [0.1, 0.15) is 6.07 Å². The van der Waals surface area contributed by atoms with Gasteiger partial charge in [0.15, 0.2) is 5.82 Å². The smallest absolute Gasteiger partial charge is 0.309 e. The maximum atomic E-state index is 13.0. The van der Waals surface area contributed by atoms with Gasteiger partial charge in [0, 0.05) is 0 Å². The fourth-order valence-electron chi connectivity index (χ4n) is 1.16. The lowest BCUT2D eigenvalue weighted by molar-refractivity contribution is -0.136. The Balaban J connectivity index is 3.38. The second-order valence-corrected chi connectivity index (χ2v) is 2.82. The number of rotatable bonds is 3. The SMILES string of the molecule is N#Cc1c(CC(=O)O)ncc(F)c1C(F)F. The molecule has 1 N–H and O–H groups in total. The number of aromatic nitrogens is 1. The van der Waals surface area contributed by atoms with Gasteiger partial charge < -0.3 is 5.11 Å². The molecular weight excluding hydrogens is 225 g/mol. The van der Waals surface area contributed by atoms with Crippen molar-refractivity contribution in [3.8, 4) is 6.07 Å². The minimum atomic E-state index is -3.19. The van der Waals surface area contributed by atoms with Gasteiger partial charge >= 0.3 is 5.97 Å². The van der Waals surface area contributed by atoms with Gasteiger partial charge in [-0.3, -0.25) is 9.78 Å². The minimum absolute atomic E-state index is 0.369. The number of hydrogen-bond acceptors (Lipinski definition) is 3. The summed E-state index contributed by atoms with van der Waals surface area (Å²) < 4.78 is 37.8. The molecule has 0 unspecified atom stereocenters. The van der Waals surface area contributed by atoms with Crippen LogP contribution in [0.3, 0.4) is 0 Å². The highest BCUT2D eigenvalue weighted by Crippen LogP contribution is 2.26. The number of nitriles is 1. The van der Waals surface area contributed by atoms with Gasteiger partial charge in [-0.15, -0.1) is 0 Å². The van der Waals surface area contributed by atoms with Crippen molar-refractivity contribution in [3.63, 3.8) is 0 Å². The Morgan fingerprint density at radius 3 is 2.69 bits per heavy atom. The van der Waals surface area contributed by atoms with Crippen LogP contribution in [-0.4, -0.2) is 16.1 Å². The summed E-state index contributed by atoms with van der Waals surface area (Å²) in [4.78, 5) is 13.7. The molecule has 0 spiro atoms. The number of aliphatic carboxylic acids is 1. The maximum absolute atomic E-state index is 13.0. The van der Waals surface area contributed by atoms with Crippen molar-refractivity contribution in [3.05, 3.63) is 28.8 Å². The van der Waals surface area contributed by atoms with Crippen LogP contribution >= 0.6 is 0 Å². The lowest BCUT2D eigenvalue weighted by atomic mass is 10.1. The number of alkyl halides is 2. The summed E-state index contributed by atoms with van der Waals surface area (Å²) in [7, 11) is 0. The first-order valence-corrected chi connectivity index (χ1v) is 4.04. The standard InChI is InChI=1S/C9H5F3N2O2/c10-5-3-14-6(1-7(15)16)4(2-13)8(5)9(11)12/h3,9H,1H2,(H,15,16). The molecule has 0 amide bonds. The van der Waals surface area contributed by atoms with E-state index in [1.807, 2.05) is 0 Å². The lowest BCUT2D eigenvalue weighted by Gasteiger charge is -2.07. The van der Waals surface area contributed by atoms with Crippen LogP contribution in [0, 0.1) is 17.1 Å². The Morgan fingerprint density at radius 1 is 1.62 bits per heavy atom. The fourth-order valence-corrected chi connectivity index (χ4v) is 1.16. The molecule has 0 atom stereocenters. The average molecular weight is 230 g/mol. The highest BCUT2D eigenvalue weighted by atomic mass is 19.3. The first-order valence-electron chi connectivity index (χ1n) is 4.04. The van der Waals surface area contributed by atoms with Gasteiger partial charge in [-0.1, -0.05) is 0 Å². The molecule has 0 aliphatic heterocycles. The molecule has 0 aromatic carbocycles. The summed E-state index contributed by atoms with van der Waals surface area (Å²) in [5.41, 5.74) is -2.18. The van der Waals surface area contributed by atoms with E-state index in [-0.39, 0.29) is 5.69 Å². The van der Waals surface area contributed by atoms with Crippen LogP contribution in [-0.2, 0) is 11.2 Å². The Hall–Kier alpha value is -2.10. The van der Waals surface area contributed by atoms with Gasteiger partial charge in [-0.2, -0.15) is 5.26 Å². The van der Waals surface area contributed by atoms with Crippen molar-refractivity contribution in [2.75, 3.05) is 0 Å². The Kier molecular flexibility index (Phi) is 3.45. The van der Waals surface area contributed by atoms with Crippen LogP contribution in [0.2, 0.25) is 0 Å². The molecule has 84 valence electrons. The van der Waals surface area contributed by atoms with E-state index in [0.29, 0.717) is 6.20 Å². The number of carboxylic acids is 1. The predicted molar refractivity (Wildman–Crippen MR) is 45.2 cm³/mol. The first-order chi connectivity index (χ1) is 7.47. The van der Waals surface area contributed by atoms with Crippen molar-refractivity contribution in [2.45, 2.75) is 12.8 Å². The van der Waals surface area contributed by atoms with Crippen LogP contribution < -0.4 is 0 Å². The molecule has 1 heterocycles. The van der Waals surface area contributed by atoms with Crippen molar-refractivity contribution in [1.82, 2.24) is 4.98 Å². The van der Waals surface area contributed by atoms with Crippen LogP contribution in [0.15, 0.2) is 6.20 Å². The summed E-state index contributed by atoms with van der Waals surface area (Å²) in [5.74, 6) is -2.66. The molecule has 4 nitrogen and oxygen atoms in total. The molecule has 0 radical (unpaired) electrons. The Morgan fingerprint density at radius 2 is 2.25 bits per heavy atom. The monoisotopic (exact) mass is 230 g/mol. The summed E-state index contributed by atoms with van der Waals surface area (Å²) in [6.45, 7) is 0. The van der Waals surface area contributed by atoms with E-state index < -0.39 is 35.8 Å². The molecule has 0 saturated carbocycles. The third kappa shape index (κ3) is 2.28. The number of carbonyl (C=O) groups is 1. The molecule has 16 heavy (non-hydrogen) atoms. The fraction of sp³-hybridized carbons (Fsp3) is 0.222. The Bertz CT molecular complexity index is 469. The van der Waals surface area contributed by atoms with Crippen LogP contribution in [0.4, 0.5) is 13.2 Å². The van der Waals surface area contributed by atoms with Gasteiger partial charge in [0.2, 0.25) is 0 Å². The molecular formula is C9H5F3N2O2. The van der Waals surface area contributed by atoms with Crippen LogP contribution in [0.1, 0.15) is 23.2 Å². The number of halogens is 3. The molecule has 1 rings (SSSR count). The second kappa shape index (κ2) is 4.61. The van der Waals surface area contributed by atoms with E-state index in [4.69, 9.17) is 10.4 Å². The molecule has 0 bridgehead atoms. The van der Waals surface area contributed by atoms with E-state index in [2.05, 4.69) is 4.98 Å². The highest BCUT2D eigenvalue weighted by Gasteiger charge is 2.23. The molecule has 0 aliphatic rings.